The molecule has 7 heteroatoms. The smallest absolute Gasteiger partial charge is 0.336 e. The molecule has 0 spiro atoms. The number of carbonyl (C=O) groups excluding carboxylic acids is 2. The van der Waals surface area contributed by atoms with E-state index < -0.39 is 17.7 Å². The molecule has 2 aromatic carbocycles. The van der Waals surface area contributed by atoms with Gasteiger partial charge in [-0.25, -0.2) is 13.6 Å². The SMILES string of the molecule is COC(=O)C1=C(C)NC2=C(C(=O)C[C@@H](c3ccc(F)cc3)C2)[C@@H]1c1c(F)cccc1Cl. The van der Waals surface area contributed by atoms with Crippen molar-refractivity contribution in [1.82, 2.24) is 5.32 Å². The highest BCUT2D eigenvalue weighted by Gasteiger charge is 2.43. The maximum atomic E-state index is 14.9. The molecule has 1 aliphatic carbocycles. The van der Waals surface area contributed by atoms with Crippen molar-refractivity contribution >= 4 is 23.4 Å². The zero-order valence-corrected chi connectivity index (χ0v) is 17.7. The summed E-state index contributed by atoms with van der Waals surface area (Å²) in [5, 5.41) is 3.29. The molecule has 0 saturated heterocycles. The third kappa shape index (κ3) is 3.76. The molecule has 0 saturated carbocycles. The van der Waals surface area contributed by atoms with Gasteiger partial charge in [-0.05, 0) is 49.1 Å². The van der Waals surface area contributed by atoms with Crippen molar-refractivity contribution in [2.75, 3.05) is 7.11 Å². The van der Waals surface area contributed by atoms with Gasteiger partial charge in [-0.1, -0.05) is 29.8 Å². The Morgan fingerprint density at radius 3 is 2.48 bits per heavy atom. The van der Waals surface area contributed by atoms with Crippen LogP contribution in [0.4, 0.5) is 8.78 Å². The van der Waals surface area contributed by atoms with E-state index in [0.29, 0.717) is 23.4 Å². The zero-order chi connectivity index (χ0) is 22.3. The molecule has 1 heterocycles. The minimum absolute atomic E-state index is 0.0755. The number of esters is 1. The standard InChI is InChI=1S/C24H20ClF2NO3/c1-12-20(24(30)31-2)23(21-16(25)4-3-5-17(21)27)22-18(28-12)10-14(11-19(22)29)13-6-8-15(26)9-7-13/h3-9,14,23,28H,10-11H2,1-2H3/t14-,23-/m0/s1. The molecule has 0 aromatic heterocycles. The van der Waals surface area contributed by atoms with Crippen LogP contribution >= 0.6 is 11.6 Å². The first-order valence-electron chi connectivity index (χ1n) is 9.83. The number of hydrogen-bond donors (Lipinski definition) is 1. The number of nitrogens with one attached hydrogen (secondary N) is 1. The van der Waals surface area contributed by atoms with Gasteiger partial charge >= 0.3 is 5.97 Å². The van der Waals surface area contributed by atoms with Crippen LogP contribution in [0, 0.1) is 11.6 Å². The van der Waals surface area contributed by atoms with E-state index in [9.17, 15) is 18.4 Å². The summed E-state index contributed by atoms with van der Waals surface area (Å²) in [7, 11) is 1.24. The largest absolute Gasteiger partial charge is 0.466 e. The molecular weight excluding hydrogens is 424 g/mol. The fourth-order valence-electron chi connectivity index (χ4n) is 4.47. The highest BCUT2D eigenvalue weighted by atomic mass is 35.5. The first-order chi connectivity index (χ1) is 14.8. The minimum atomic E-state index is -0.973. The number of dihydropyridines is 1. The number of halogens is 3. The normalized spacial score (nSPS) is 21.0. The Hall–Kier alpha value is -2.99. The summed E-state index contributed by atoms with van der Waals surface area (Å²) in [5.74, 6) is -2.97. The Kier molecular flexibility index (Phi) is 5.67. The van der Waals surface area contributed by atoms with Crippen LogP contribution in [-0.2, 0) is 14.3 Å². The van der Waals surface area contributed by atoms with Crippen LogP contribution in [0.25, 0.3) is 0 Å². The van der Waals surface area contributed by atoms with Gasteiger partial charge in [0.1, 0.15) is 11.6 Å². The van der Waals surface area contributed by atoms with Crippen LogP contribution in [0.3, 0.4) is 0 Å². The molecule has 31 heavy (non-hydrogen) atoms. The number of ketones is 1. The number of carbonyl (C=O) groups is 2. The summed E-state index contributed by atoms with van der Waals surface area (Å²) in [5.41, 5.74) is 2.47. The van der Waals surface area contributed by atoms with Crippen molar-refractivity contribution in [1.29, 1.82) is 0 Å². The van der Waals surface area contributed by atoms with Crippen LogP contribution < -0.4 is 5.32 Å². The number of benzene rings is 2. The van der Waals surface area contributed by atoms with Crippen LogP contribution in [0.1, 0.15) is 42.7 Å². The number of ether oxygens (including phenoxy) is 1. The molecule has 4 rings (SSSR count). The number of methoxy groups -OCH3 is 1. The number of hydrogen-bond acceptors (Lipinski definition) is 4. The molecule has 2 atom stereocenters. The Morgan fingerprint density at radius 2 is 1.84 bits per heavy atom. The fraction of sp³-hybridized carbons (Fsp3) is 0.250. The molecule has 1 N–H and O–H groups in total. The third-order valence-electron chi connectivity index (χ3n) is 5.86. The van der Waals surface area contributed by atoms with E-state index in [-0.39, 0.29) is 40.1 Å². The molecule has 0 radical (unpaired) electrons. The van der Waals surface area contributed by atoms with E-state index >= 15 is 0 Å². The Bertz CT molecular complexity index is 1120. The number of allylic oxidation sites excluding steroid dienone is 3. The molecule has 0 bridgehead atoms. The Morgan fingerprint density at radius 1 is 1.13 bits per heavy atom. The van der Waals surface area contributed by atoms with E-state index in [2.05, 4.69) is 5.32 Å². The second kappa shape index (κ2) is 8.27. The monoisotopic (exact) mass is 443 g/mol. The maximum Gasteiger partial charge on any atom is 0.336 e. The fourth-order valence-corrected chi connectivity index (χ4v) is 4.74. The van der Waals surface area contributed by atoms with E-state index in [0.717, 1.165) is 5.56 Å². The van der Waals surface area contributed by atoms with Crippen molar-refractivity contribution in [2.45, 2.75) is 31.6 Å². The quantitative estimate of drug-likeness (QED) is 0.666. The average molecular weight is 444 g/mol. The molecule has 4 nitrogen and oxygen atoms in total. The van der Waals surface area contributed by atoms with E-state index in [4.69, 9.17) is 16.3 Å². The van der Waals surface area contributed by atoms with E-state index in [1.165, 1.54) is 37.4 Å². The van der Waals surface area contributed by atoms with E-state index in [1.54, 1.807) is 19.1 Å². The maximum absolute atomic E-state index is 14.9. The van der Waals surface area contributed by atoms with Crippen molar-refractivity contribution in [3.05, 3.63) is 92.8 Å². The summed E-state index contributed by atoms with van der Waals surface area (Å²) >= 11 is 6.34. The Balaban J connectivity index is 1.85. The molecule has 0 fully saturated rings. The zero-order valence-electron chi connectivity index (χ0n) is 17.0. The molecule has 2 aromatic rings. The first-order valence-corrected chi connectivity index (χ1v) is 10.2. The van der Waals surface area contributed by atoms with Gasteiger partial charge in [0, 0.05) is 34.0 Å². The van der Waals surface area contributed by atoms with Crippen molar-refractivity contribution in [2.24, 2.45) is 0 Å². The molecule has 1 aliphatic heterocycles. The number of Topliss-reactive ketones (excluding diaryl/α,β-unsaturated/α-hetero) is 1. The molecule has 2 aliphatic rings. The van der Waals surface area contributed by atoms with Crippen LogP contribution in [-0.4, -0.2) is 18.9 Å². The highest BCUT2D eigenvalue weighted by Crippen LogP contribution is 2.47. The molecule has 0 amide bonds. The second-order valence-corrected chi connectivity index (χ2v) is 8.10. The second-order valence-electron chi connectivity index (χ2n) is 7.70. The lowest BCUT2D eigenvalue weighted by atomic mass is 9.71. The lowest BCUT2D eigenvalue weighted by Crippen LogP contribution is -2.36. The van der Waals surface area contributed by atoms with Gasteiger partial charge in [-0.15, -0.1) is 0 Å². The van der Waals surface area contributed by atoms with E-state index in [1.807, 2.05) is 0 Å². The molecule has 0 unspecified atom stereocenters. The van der Waals surface area contributed by atoms with Crippen molar-refractivity contribution in [3.8, 4) is 0 Å². The lowest BCUT2D eigenvalue weighted by Gasteiger charge is -2.37. The summed E-state index contributed by atoms with van der Waals surface area (Å²) in [6, 6.07) is 10.3. The van der Waals surface area contributed by atoms with Crippen molar-refractivity contribution < 1.29 is 23.1 Å². The van der Waals surface area contributed by atoms with Crippen LogP contribution in [0.5, 0.6) is 0 Å². The third-order valence-corrected chi connectivity index (χ3v) is 6.19. The van der Waals surface area contributed by atoms with Crippen molar-refractivity contribution in [3.63, 3.8) is 0 Å². The number of rotatable bonds is 3. The summed E-state index contributed by atoms with van der Waals surface area (Å²) in [4.78, 5) is 26.0. The summed E-state index contributed by atoms with van der Waals surface area (Å²) < 4.78 is 33.2. The van der Waals surface area contributed by atoms with Gasteiger partial charge in [0.05, 0.1) is 18.6 Å². The van der Waals surface area contributed by atoms with Gasteiger partial charge in [0.25, 0.3) is 0 Å². The van der Waals surface area contributed by atoms with Gasteiger partial charge in [0.2, 0.25) is 0 Å². The average Bonchev–Trinajstić information content (AvgIpc) is 2.73. The van der Waals surface area contributed by atoms with Gasteiger partial charge in [0.15, 0.2) is 5.78 Å². The Labute approximate surface area is 183 Å². The van der Waals surface area contributed by atoms with Crippen LogP contribution in [0.15, 0.2) is 65.0 Å². The summed E-state index contributed by atoms with van der Waals surface area (Å²) in [6.45, 7) is 1.68. The molecular formula is C24H20ClF2NO3. The van der Waals surface area contributed by atoms with Gasteiger partial charge in [-0.3, -0.25) is 4.79 Å². The lowest BCUT2D eigenvalue weighted by molar-refractivity contribution is -0.136. The predicted octanol–water partition coefficient (Wildman–Crippen LogP) is 5.15. The summed E-state index contributed by atoms with van der Waals surface area (Å²) in [6.07, 6.45) is 0.614. The predicted molar refractivity (Wildman–Crippen MR) is 112 cm³/mol. The highest BCUT2D eigenvalue weighted by molar-refractivity contribution is 6.31. The van der Waals surface area contributed by atoms with Gasteiger partial charge in [-0.2, -0.15) is 0 Å². The van der Waals surface area contributed by atoms with Gasteiger partial charge < -0.3 is 10.1 Å². The molecule has 160 valence electrons. The minimum Gasteiger partial charge on any atom is -0.466 e. The van der Waals surface area contributed by atoms with Crippen LogP contribution in [0.2, 0.25) is 5.02 Å². The first kappa shape index (κ1) is 21.2. The topological polar surface area (TPSA) is 55.4 Å².